The molecule has 4 N–H and O–H groups in total. The maximum Gasteiger partial charge on any atom is 0.251 e. The van der Waals surface area contributed by atoms with Gasteiger partial charge in [0.2, 0.25) is 11.8 Å². The lowest BCUT2D eigenvalue weighted by molar-refractivity contribution is -0.124. The van der Waals surface area contributed by atoms with Gasteiger partial charge in [0.05, 0.1) is 11.1 Å². The van der Waals surface area contributed by atoms with E-state index in [4.69, 9.17) is 23.2 Å². The van der Waals surface area contributed by atoms with Crippen molar-refractivity contribution in [1.29, 1.82) is 0 Å². The van der Waals surface area contributed by atoms with Crippen molar-refractivity contribution in [3.63, 3.8) is 0 Å². The molecular formula is C31H29Cl2FN4O3. The summed E-state index contributed by atoms with van der Waals surface area (Å²) >= 11 is 12.6. The number of amides is 3. The Kier molecular flexibility index (Phi) is 7.04. The lowest BCUT2D eigenvalue weighted by Crippen LogP contribution is -2.60. The van der Waals surface area contributed by atoms with Crippen LogP contribution in [-0.2, 0) is 15.0 Å². The van der Waals surface area contributed by atoms with Crippen LogP contribution in [0.25, 0.3) is 0 Å². The van der Waals surface area contributed by atoms with Crippen LogP contribution in [-0.4, -0.2) is 36.3 Å². The molecular weight excluding hydrogens is 566 g/mol. The lowest BCUT2D eigenvalue weighted by Gasteiger charge is -2.47. The van der Waals surface area contributed by atoms with Crippen LogP contribution in [0.1, 0.15) is 59.5 Å². The minimum Gasteiger partial charge on any atom is -0.355 e. The molecule has 2 heterocycles. The Morgan fingerprint density at radius 3 is 2.44 bits per heavy atom. The van der Waals surface area contributed by atoms with E-state index in [9.17, 15) is 14.4 Å². The van der Waals surface area contributed by atoms with Gasteiger partial charge in [-0.15, -0.1) is 0 Å². The van der Waals surface area contributed by atoms with Gasteiger partial charge in [-0.3, -0.25) is 19.7 Å². The third-order valence-electron chi connectivity index (χ3n) is 8.95. The monoisotopic (exact) mass is 594 g/mol. The van der Waals surface area contributed by atoms with Crippen molar-refractivity contribution in [2.45, 2.75) is 55.0 Å². The fourth-order valence-corrected chi connectivity index (χ4v) is 7.64. The summed E-state index contributed by atoms with van der Waals surface area (Å²) in [6.07, 6.45) is 3.97. The summed E-state index contributed by atoms with van der Waals surface area (Å²) in [5.74, 6) is -2.54. The molecule has 1 aliphatic carbocycles. The van der Waals surface area contributed by atoms with Crippen LogP contribution in [0.4, 0.5) is 15.8 Å². The van der Waals surface area contributed by atoms with E-state index in [1.807, 2.05) is 6.07 Å². The molecule has 3 amide bonds. The highest BCUT2D eigenvalue weighted by atomic mass is 35.5. The average Bonchev–Trinajstić information content (AvgIpc) is 3.42. The van der Waals surface area contributed by atoms with Gasteiger partial charge < -0.3 is 16.0 Å². The first kappa shape index (κ1) is 27.7. The van der Waals surface area contributed by atoms with Crippen molar-refractivity contribution in [3.05, 3.63) is 93.2 Å². The molecule has 212 valence electrons. The smallest absolute Gasteiger partial charge is 0.251 e. The maximum absolute atomic E-state index is 15.9. The van der Waals surface area contributed by atoms with E-state index in [2.05, 4.69) is 21.3 Å². The van der Waals surface area contributed by atoms with Crippen LogP contribution in [0.5, 0.6) is 0 Å². The molecule has 1 saturated carbocycles. The van der Waals surface area contributed by atoms with Gasteiger partial charge in [0, 0.05) is 40.5 Å². The molecule has 0 aromatic heterocycles. The quantitative estimate of drug-likeness (QED) is 0.308. The predicted octanol–water partition coefficient (Wildman–Crippen LogP) is 5.78. The Morgan fingerprint density at radius 2 is 1.73 bits per heavy atom. The van der Waals surface area contributed by atoms with Crippen molar-refractivity contribution in [2.75, 3.05) is 17.7 Å². The number of hydrogen-bond donors (Lipinski definition) is 4. The van der Waals surface area contributed by atoms with Crippen molar-refractivity contribution in [3.8, 4) is 0 Å². The highest BCUT2D eigenvalue weighted by Crippen LogP contribution is 2.62. The minimum atomic E-state index is -1.30. The number of anilines is 2. The molecule has 41 heavy (non-hydrogen) atoms. The summed E-state index contributed by atoms with van der Waals surface area (Å²) in [5.41, 5.74) is 0.241. The summed E-state index contributed by atoms with van der Waals surface area (Å²) < 4.78 is 15.9. The number of benzene rings is 3. The molecule has 0 unspecified atom stereocenters. The minimum absolute atomic E-state index is 0.0825. The zero-order valence-corrected chi connectivity index (χ0v) is 23.8. The number of rotatable bonds is 4. The zero-order chi connectivity index (χ0) is 28.9. The van der Waals surface area contributed by atoms with Gasteiger partial charge in [-0.25, -0.2) is 4.39 Å². The molecule has 6 rings (SSSR count). The molecule has 3 aromatic carbocycles. The number of carbonyl (C=O) groups is 3. The molecule has 10 heteroatoms. The Bertz CT molecular complexity index is 1560. The maximum atomic E-state index is 15.9. The van der Waals surface area contributed by atoms with Crippen molar-refractivity contribution in [1.82, 2.24) is 10.6 Å². The standard InChI is InChI=1S/C31H29Cl2FN4O3/c1-35-27(39)17-8-11-19(12-9-17)36-28(40)26-24(20-6-5-7-22(33)25(20)34)31(30(38-26)14-3-2-4-15-30)21-13-10-18(32)16-23(21)37-29(31)41/h5-13,16,24,26,38H,2-4,14-15H2,1H3,(H,35,39)(H,36,40)(H,37,41)/t24-,26+,31+/m0/s1. The lowest BCUT2D eigenvalue weighted by atomic mass is 9.55. The van der Waals surface area contributed by atoms with E-state index in [1.165, 1.54) is 6.07 Å². The van der Waals surface area contributed by atoms with Gasteiger partial charge in [-0.1, -0.05) is 60.7 Å². The fraction of sp³-hybridized carbons (Fsp3) is 0.323. The van der Waals surface area contributed by atoms with Crippen LogP contribution in [0.2, 0.25) is 10.0 Å². The summed E-state index contributed by atoms with van der Waals surface area (Å²) in [6.45, 7) is 0. The van der Waals surface area contributed by atoms with Gasteiger partial charge >= 0.3 is 0 Å². The number of carbonyl (C=O) groups excluding carboxylic acids is 3. The Morgan fingerprint density at radius 1 is 1.00 bits per heavy atom. The summed E-state index contributed by atoms with van der Waals surface area (Å²) in [5, 5.41) is 12.5. The normalized spacial score (nSPS) is 24.2. The predicted molar refractivity (Wildman–Crippen MR) is 157 cm³/mol. The molecule has 7 nitrogen and oxygen atoms in total. The van der Waals surface area contributed by atoms with Gasteiger partial charge in [0.1, 0.15) is 11.2 Å². The van der Waals surface area contributed by atoms with Crippen molar-refractivity contribution in [2.24, 2.45) is 0 Å². The molecule has 3 atom stereocenters. The van der Waals surface area contributed by atoms with Gasteiger partial charge in [0.15, 0.2) is 0 Å². The highest BCUT2D eigenvalue weighted by Gasteiger charge is 2.72. The second-order valence-electron chi connectivity index (χ2n) is 11.0. The van der Waals surface area contributed by atoms with Crippen LogP contribution < -0.4 is 21.3 Å². The topological polar surface area (TPSA) is 99.3 Å². The van der Waals surface area contributed by atoms with Crippen molar-refractivity contribution >= 4 is 52.3 Å². The third kappa shape index (κ3) is 4.23. The van der Waals surface area contributed by atoms with Crippen LogP contribution in [0, 0.1) is 5.82 Å². The second-order valence-corrected chi connectivity index (χ2v) is 11.8. The summed E-state index contributed by atoms with van der Waals surface area (Å²) in [4.78, 5) is 40.5. The van der Waals surface area contributed by atoms with Crippen LogP contribution in [0.3, 0.4) is 0 Å². The second kappa shape index (κ2) is 10.4. The molecule has 0 bridgehead atoms. The molecule has 2 fully saturated rings. The molecule has 3 aliphatic rings. The molecule has 2 aliphatic heterocycles. The fourth-order valence-electron chi connectivity index (χ4n) is 7.29. The third-order valence-corrected chi connectivity index (χ3v) is 9.47. The van der Waals surface area contributed by atoms with Gasteiger partial charge in [-0.05, 0) is 66.4 Å². The molecule has 2 spiro atoms. The number of fused-ring (bicyclic) bond motifs is 3. The van der Waals surface area contributed by atoms with E-state index in [1.54, 1.807) is 55.6 Å². The van der Waals surface area contributed by atoms with Crippen LogP contribution in [0.15, 0.2) is 60.7 Å². The van der Waals surface area contributed by atoms with E-state index in [0.717, 1.165) is 19.3 Å². The first-order chi connectivity index (χ1) is 19.7. The first-order valence-corrected chi connectivity index (χ1v) is 14.4. The average molecular weight is 596 g/mol. The van der Waals surface area contributed by atoms with Gasteiger partial charge in [-0.2, -0.15) is 0 Å². The van der Waals surface area contributed by atoms with E-state index < -0.39 is 34.6 Å². The summed E-state index contributed by atoms with van der Waals surface area (Å²) in [6, 6.07) is 15.5. The molecule has 1 saturated heterocycles. The van der Waals surface area contributed by atoms with E-state index in [-0.39, 0.29) is 22.4 Å². The SMILES string of the molecule is CNC(=O)c1ccc(NC(=O)[C@@H]2NC3(CCCCC3)[C@@]3(C(=O)Nc4cc(Cl)ccc43)[C@H]2c2cccc(Cl)c2F)cc1. The molecule has 0 radical (unpaired) electrons. The highest BCUT2D eigenvalue weighted by molar-refractivity contribution is 6.31. The summed E-state index contributed by atoms with van der Waals surface area (Å²) in [7, 11) is 1.54. The van der Waals surface area contributed by atoms with E-state index in [0.29, 0.717) is 40.4 Å². The Labute approximate surface area is 247 Å². The van der Waals surface area contributed by atoms with Crippen molar-refractivity contribution < 1.29 is 18.8 Å². The first-order valence-electron chi connectivity index (χ1n) is 13.7. The Hall–Kier alpha value is -3.46. The largest absolute Gasteiger partial charge is 0.355 e. The zero-order valence-electron chi connectivity index (χ0n) is 22.3. The van der Waals surface area contributed by atoms with Crippen LogP contribution >= 0.6 is 23.2 Å². The number of halogens is 3. The molecule has 3 aromatic rings. The van der Waals surface area contributed by atoms with Gasteiger partial charge in [0.25, 0.3) is 5.91 Å². The number of nitrogens with one attached hydrogen (secondary N) is 4. The van der Waals surface area contributed by atoms with E-state index >= 15 is 4.39 Å². The Balaban J connectivity index is 1.52. The number of hydrogen-bond acceptors (Lipinski definition) is 4.